The molecule has 1 aromatic rings. The van der Waals surface area contributed by atoms with E-state index in [0.717, 1.165) is 11.4 Å². The van der Waals surface area contributed by atoms with Crippen molar-refractivity contribution in [2.24, 2.45) is 4.99 Å². The molecule has 2 heterocycles. The molecule has 0 aliphatic carbocycles. The number of nitriles is 1. The van der Waals surface area contributed by atoms with Crippen LogP contribution in [0.2, 0.25) is 0 Å². The number of hydrogen-bond donors (Lipinski definition) is 0. The van der Waals surface area contributed by atoms with Gasteiger partial charge in [-0.3, -0.25) is 9.69 Å². The van der Waals surface area contributed by atoms with Gasteiger partial charge in [0.05, 0.1) is 16.9 Å². The highest BCUT2D eigenvalue weighted by molar-refractivity contribution is 6.37. The first kappa shape index (κ1) is 13.8. The normalized spacial score (nSPS) is 20.3. The fraction of sp³-hybridized carbons (Fsp3) is 0.118. The Bertz CT molecular complexity index is 823. The molecule has 0 radical (unpaired) electrons. The topological polar surface area (TPSA) is 59.7 Å². The van der Waals surface area contributed by atoms with E-state index < -0.39 is 0 Å². The lowest BCUT2D eigenvalue weighted by Crippen LogP contribution is -2.41. The molecule has 0 saturated carbocycles. The maximum atomic E-state index is 12.6. The van der Waals surface area contributed by atoms with Gasteiger partial charge < -0.3 is 4.90 Å². The maximum Gasteiger partial charge on any atom is 0.210 e. The summed E-state index contributed by atoms with van der Waals surface area (Å²) in [5.74, 6) is 0.727. The Labute approximate surface area is 128 Å². The molecule has 0 aromatic heterocycles. The largest absolute Gasteiger partial charge is 0.328 e. The number of rotatable bonds is 1. The molecule has 5 nitrogen and oxygen atoms in total. The van der Waals surface area contributed by atoms with Crippen LogP contribution in [0.4, 0.5) is 11.4 Å². The predicted molar refractivity (Wildman–Crippen MR) is 86.4 cm³/mol. The van der Waals surface area contributed by atoms with Gasteiger partial charge in [-0.1, -0.05) is 24.8 Å². The first-order valence-corrected chi connectivity index (χ1v) is 6.83. The number of hydrogen-bond acceptors (Lipinski definition) is 4. The number of anilines is 2. The summed E-state index contributed by atoms with van der Waals surface area (Å²) in [6.07, 6.45) is 3.09. The Hall–Kier alpha value is -3.13. The van der Waals surface area contributed by atoms with Crippen molar-refractivity contribution in [3.8, 4) is 6.07 Å². The minimum Gasteiger partial charge on any atom is -0.328 e. The van der Waals surface area contributed by atoms with Gasteiger partial charge in [-0.05, 0) is 19.1 Å². The lowest BCUT2D eigenvalue weighted by molar-refractivity contribution is -0.111. The zero-order valence-electron chi connectivity index (χ0n) is 12.4. The molecule has 0 N–H and O–H groups in total. The van der Waals surface area contributed by atoms with E-state index >= 15 is 0 Å². The van der Waals surface area contributed by atoms with Crippen molar-refractivity contribution < 1.29 is 4.79 Å². The molecule has 3 rings (SSSR count). The molecule has 2 aliphatic heterocycles. The third-order valence-electron chi connectivity index (χ3n) is 3.78. The van der Waals surface area contributed by atoms with Gasteiger partial charge in [0.15, 0.2) is 0 Å². The Kier molecular flexibility index (Phi) is 3.15. The van der Waals surface area contributed by atoms with Crippen LogP contribution < -0.4 is 9.80 Å². The second-order valence-corrected chi connectivity index (χ2v) is 4.86. The molecule has 0 spiro atoms. The third-order valence-corrected chi connectivity index (χ3v) is 3.78. The standard InChI is InChI=1S/C17H14N4O/c1-4-11-15(22)12(10-18)17-20(3)13-8-6-7-9-14(13)21(17)16(11)19-5-2/h4-9H,2H2,1,3H3/b11-4-,19-16?. The first-order chi connectivity index (χ1) is 10.7. The molecule has 0 amide bonds. The van der Waals surface area contributed by atoms with Crippen molar-refractivity contribution in [3.05, 3.63) is 60.1 Å². The van der Waals surface area contributed by atoms with E-state index in [2.05, 4.69) is 11.6 Å². The quantitative estimate of drug-likeness (QED) is 0.746. The number of fused-ring (bicyclic) bond motifs is 3. The average Bonchev–Trinajstić information content (AvgIpc) is 2.82. The highest BCUT2D eigenvalue weighted by Gasteiger charge is 2.42. The Morgan fingerprint density at radius 1 is 1.32 bits per heavy atom. The number of allylic oxidation sites excluding steroid dienone is 2. The van der Waals surface area contributed by atoms with E-state index in [4.69, 9.17) is 0 Å². The summed E-state index contributed by atoms with van der Waals surface area (Å²) in [7, 11) is 1.84. The number of carbonyl (C=O) groups is 1. The summed E-state index contributed by atoms with van der Waals surface area (Å²) in [5, 5.41) is 9.47. The number of carbonyl (C=O) groups excluding carboxylic acids is 1. The molecule has 0 bridgehead atoms. The van der Waals surface area contributed by atoms with Crippen molar-refractivity contribution in [2.75, 3.05) is 16.8 Å². The predicted octanol–water partition coefficient (Wildman–Crippen LogP) is 2.75. The van der Waals surface area contributed by atoms with Gasteiger partial charge in [0, 0.05) is 13.2 Å². The lowest BCUT2D eigenvalue weighted by Gasteiger charge is -2.30. The molecule has 0 saturated heterocycles. The molecule has 5 heteroatoms. The van der Waals surface area contributed by atoms with Gasteiger partial charge in [-0.15, -0.1) is 0 Å². The Morgan fingerprint density at radius 3 is 2.59 bits per heavy atom. The van der Waals surface area contributed by atoms with E-state index in [9.17, 15) is 10.1 Å². The lowest BCUT2D eigenvalue weighted by atomic mass is 9.98. The number of para-hydroxylation sites is 2. The van der Waals surface area contributed by atoms with Crippen molar-refractivity contribution in [3.63, 3.8) is 0 Å². The number of aliphatic imine (C=N–C) groups is 1. The van der Waals surface area contributed by atoms with E-state index in [1.165, 1.54) is 6.20 Å². The Balaban J connectivity index is 2.40. The van der Waals surface area contributed by atoms with Gasteiger partial charge in [-0.25, -0.2) is 4.99 Å². The molecular weight excluding hydrogens is 276 g/mol. The highest BCUT2D eigenvalue weighted by Crippen LogP contribution is 2.45. The second-order valence-electron chi connectivity index (χ2n) is 4.86. The molecular formula is C17H14N4O. The van der Waals surface area contributed by atoms with Crippen molar-refractivity contribution in [1.82, 2.24) is 0 Å². The molecule has 1 aromatic carbocycles. The summed E-state index contributed by atoms with van der Waals surface area (Å²) >= 11 is 0. The average molecular weight is 290 g/mol. The minimum atomic E-state index is -0.309. The zero-order chi connectivity index (χ0) is 15.9. The first-order valence-electron chi connectivity index (χ1n) is 6.83. The van der Waals surface area contributed by atoms with Gasteiger partial charge in [-0.2, -0.15) is 5.26 Å². The minimum absolute atomic E-state index is 0.120. The van der Waals surface area contributed by atoms with E-state index in [1.807, 2.05) is 47.2 Å². The van der Waals surface area contributed by atoms with Crippen molar-refractivity contribution in [1.29, 1.82) is 5.26 Å². The van der Waals surface area contributed by atoms with Gasteiger partial charge >= 0.3 is 0 Å². The smallest absolute Gasteiger partial charge is 0.210 e. The number of amidine groups is 1. The monoisotopic (exact) mass is 290 g/mol. The molecule has 0 unspecified atom stereocenters. The summed E-state index contributed by atoms with van der Waals surface area (Å²) < 4.78 is 0. The third kappa shape index (κ3) is 1.64. The van der Waals surface area contributed by atoms with Crippen molar-refractivity contribution >= 4 is 23.0 Å². The van der Waals surface area contributed by atoms with Crippen LogP contribution in [0.15, 0.2) is 65.1 Å². The fourth-order valence-corrected chi connectivity index (χ4v) is 2.84. The molecule has 2 aliphatic rings. The van der Waals surface area contributed by atoms with Crippen LogP contribution in [0.5, 0.6) is 0 Å². The number of nitrogens with zero attached hydrogens (tertiary/aromatic N) is 4. The molecule has 0 fully saturated rings. The fourth-order valence-electron chi connectivity index (χ4n) is 2.84. The number of benzene rings is 1. The van der Waals surface area contributed by atoms with E-state index in [1.54, 1.807) is 13.0 Å². The van der Waals surface area contributed by atoms with Crippen LogP contribution >= 0.6 is 0 Å². The van der Waals surface area contributed by atoms with Crippen LogP contribution in [0.1, 0.15) is 6.92 Å². The van der Waals surface area contributed by atoms with Crippen LogP contribution in [0, 0.1) is 11.3 Å². The molecule has 22 heavy (non-hydrogen) atoms. The summed E-state index contributed by atoms with van der Waals surface area (Å²) in [4.78, 5) is 20.6. The summed E-state index contributed by atoms with van der Waals surface area (Å²) in [6.45, 7) is 5.39. The van der Waals surface area contributed by atoms with Crippen molar-refractivity contribution in [2.45, 2.75) is 6.92 Å². The second kappa shape index (κ2) is 5.01. The van der Waals surface area contributed by atoms with E-state index in [-0.39, 0.29) is 11.4 Å². The van der Waals surface area contributed by atoms with E-state index in [0.29, 0.717) is 17.2 Å². The van der Waals surface area contributed by atoms with Crippen LogP contribution in [-0.4, -0.2) is 18.7 Å². The number of ketones is 1. The summed E-state index contributed by atoms with van der Waals surface area (Å²) in [5.41, 5.74) is 2.34. The van der Waals surface area contributed by atoms with Crippen LogP contribution in [0.3, 0.4) is 0 Å². The zero-order valence-corrected chi connectivity index (χ0v) is 12.4. The van der Waals surface area contributed by atoms with Gasteiger partial charge in [0.2, 0.25) is 5.78 Å². The molecule has 108 valence electrons. The van der Waals surface area contributed by atoms with Crippen LogP contribution in [0.25, 0.3) is 0 Å². The Morgan fingerprint density at radius 2 is 2.00 bits per heavy atom. The number of Topliss-reactive ketones (excluding diaryl/α,β-unsaturated/α-hetero) is 1. The highest BCUT2D eigenvalue weighted by atomic mass is 16.1. The van der Waals surface area contributed by atoms with Gasteiger partial charge in [0.1, 0.15) is 23.3 Å². The SMILES string of the molecule is C=CN=C1/C(=C\C)C(=O)C(C#N)=C2N(C)c3ccccc3N12. The molecule has 0 atom stereocenters. The summed E-state index contributed by atoms with van der Waals surface area (Å²) in [6, 6.07) is 9.76. The van der Waals surface area contributed by atoms with Crippen LogP contribution in [-0.2, 0) is 4.79 Å². The van der Waals surface area contributed by atoms with Gasteiger partial charge in [0.25, 0.3) is 0 Å². The maximum absolute atomic E-state index is 12.6.